The van der Waals surface area contributed by atoms with Gasteiger partial charge in [0.2, 0.25) is 0 Å². The highest BCUT2D eigenvalue weighted by molar-refractivity contribution is 6.12. The molecule has 142 valence electrons. The van der Waals surface area contributed by atoms with Crippen LogP contribution in [-0.4, -0.2) is 32.1 Å². The van der Waals surface area contributed by atoms with Crippen molar-refractivity contribution in [3.63, 3.8) is 0 Å². The summed E-state index contributed by atoms with van der Waals surface area (Å²) in [4.78, 5) is 21.9. The standard InChI is InChI=1S/C21H22N6O/c1-14(2)12-27-13-17(11-26-27)20(28)19-7-15(8-23)3-4-18(19)21-24-9-16(5-6-22)10-25-21/h3-4,7,9-11,13-14H,5-6,12,22H2,1-2H3. The third-order valence-corrected chi connectivity index (χ3v) is 4.22. The van der Waals surface area contributed by atoms with E-state index in [4.69, 9.17) is 5.73 Å². The second-order valence-corrected chi connectivity index (χ2v) is 7.00. The maximum atomic E-state index is 13.1. The van der Waals surface area contributed by atoms with Gasteiger partial charge in [-0.05, 0) is 42.6 Å². The van der Waals surface area contributed by atoms with Gasteiger partial charge in [0.05, 0.1) is 23.4 Å². The van der Waals surface area contributed by atoms with E-state index in [1.165, 1.54) is 0 Å². The van der Waals surface area contributed by atoms with E-state index in [1.54, 1.807) is 47.7 Å². The number of hydrogen-bond donors (Lipinski definition) is 1. The van der Waals surface area contributed by atoms with E-state index < -0.39 is 0 Å². The van der Waals surface area contributed by atoms with Crippen molar-refractivity contribution < 1.29 is 4.79 Å². The molecule has 28 heavy (non-hydrogen) atoms. The molecule has 2 aromatic heterocycles. The first-order valence-corrected chi connectivity index (χ1v) is 9.14. The molecule has 0 saturated carbocycles. The fraction of sp³-hybridized carbons (Fsp3) is 0.286. The summed E-state index contributed by atoms with van der Waals surface area (Å²) in [6.45, 7) is 5.42. The van der Waals surface area contributed by atoms with Crippen molar-refractivity contribution in [3.05, 3.63) is 65.2 Å². The Morgan fingerprint density at radius 3 is 2.64 bits per heavy atom. The lowest BCUT2D eigenvalue weighted by atomic mass is 9.97. The average molecular weight is 374 g/mol. The number of nitriles is 1. The number of carbonyl (C=O) groups excluding carboxylic acids is 1. The van der Waals surface area contributed by atoms with Gasteiger partial charge in [-0.15, -0.1) is 0 Å². The molecule has 0 saturated heterocycles. The predicted molar refractivity (Wildman–Crippen MR) is 105 cm³/mol. The van der Waals surface area contributed by atoms with Gasteiger partial charge in [-0.3, -0.25) is 9.48 Å². The molecule has 0 amide bonds. The highest BCUT2D eigenvalue weighted by Crippen LogP contribution is 2.24. The number of rotatable bonds is 7. The largest absolute Gasteiger partial charge is 0.330 e. The van der Waals surface area contributed by atoms with Crippen molar-refractivity contribution in [2.45, 2.75) is 26.8 Å². The van der Waals surface area contributed by atoms with Gasteiger partial charge in [0.1, 0.15) is 0 Å². The van der Waals surface area contributed by atoms with Crippen LogP contribution in [0.5, 0.6) is 0 Å². The van der Waals surface area contributed by atoms with Crippen molar-refractivity contribution in [1.29, 1.82) is 5.26 Å². The van der Waals surface area contributed by atoms with E-state index in [0.29, 0.717) is 47.0 Å². The van der Waals surface area contributed by atoms with Crippen molar-refractivity contribution in [2.75, 3.05) is 6.54 Å². The topological polar surface area (TPSA) is 110 Å². The molecule has 0 aliphatic heterocycles. The minimum Gasteiger partial charge on any atom is -0.330 e. The van der Waals surface area contributed by atoms with Crippen LogP contribution in [0.4, 0.5) is 0 Å². The summed E-state index contributed by atoms with van der Waals surface area (Å²) in [5.41, 5.74) is 8.34. The molecule has 0 fully saturated rings. The Morgan fingerprint density at radius 1 is 1.25 bits per heavy atom. The summed E-state index contributed by atoms with van der Waals surface area (Å²) in [5, 5.41) is 13.5. The molecule has 0 atom stereocenters. The number of hydrogen-bond acceptors (Lipinski definition) is 6. The van der Waals surface area contributed by atoms with E-state index in [1.807, 2.05) is 0 Å². The fourth-order valence-electron chi connectivity index (χ4n) is 2.90. The maximum absolute atomic E-state index is 13.1. The van der Waals surface area contributed by atoms with Gasteiger partial charge in [0, 0.05) is 36.3 Å². The molecule has 3 aromatic rings. The quantitative estimate of drug-likeness (QED) is 0.636. The van der Waals surface area contributed by atoms with Crippen LogP contribution in [0.3, 0.4) is 0 Å². The lowest BCUT2D eigenvalue weighted by Gasteiger charge is -2.08. The summed E-state index contributed by atoms with van der Waals surface area (Å²) in [5.74, 6) is 0.640. The molecular formula is C21H22N6O. The van der Waals surface area contributed by atoms with Crippen LogP contribution in [0.2, 0.25) is 0 Å². The Morgan fingerprint density at radius 2 is 2.00 bits per heavy atom. The van der Waals surface area contributed by atoms with Crippen molar-refractivity contribution in [3.8, 4) is 17.5 Å². The van der Waals surface area contributed by atoms with Crippen LogP contribution < -0.4 is 5.73 Å². The van der Waals surface area contributed by atoms with Gasteiger partial charge in [-0.25, -0.2) is 9.97 Å². The first-order valence-electron chi connectivity index (χ1n) is 9.14. The molecule has 0 aliphatic rings. The lowest BCUT2D eigenvalue weighted by Crippen LogP contribution is -2.07. The van der Waals surface area contributed by atoms with E-state index >= 15 is 0 Å². The average Bonchev–Trinajstić information content (AvgIpc) is 3.15. The molecule has 0 aliphatic carbocycles. The van der Waals surface area contributed by atoms with Crippen molar-refractivity contribution in [2.24, 2.45) is 11.7 Å². The smallest absolute Gasteiger partial charge is 0.196 e. The Balaban J connectivity index is 2.00. The van der Waals surface area contributed by atoms with Crippen molar-refractivity contribution >= 4 is 5.78 Å². The molecule has 7 heteroatoms. The molecule has 2 heterocycles. The number of aromatic nitrogens is 4. The van der Waals surface area contributed by atoms with E-state index in [-0.39, 0.29) is 5.78 Å². The first-order chi connectivity index (χ1) is 13.5. The number of carbonyl (C=O) groups is 1. The van der Waals surface area contributed by atoms with Crippen molar-refractivity contribution in [1.82, 2.24) is 19.7 Å². The first kappa shape index (κ1) is 19.4. The zero-order valence-electron chi connectivity index (χ0n) is 16.0. The molecule has 0 radical (unpaired) electrons. The van der Waals surface area contributed by atoms with Gasteiger partial charge in [0.15, 0.2) is 11.6 Å². The number of nitrogens with two attached hydrogens (primary N) is 1. The van der Waals surface area contributed by atoms with E-state index in [9.17, 15) is 10.1 Å². The van der Waals surface area contributed by atoms with Gasteiger partial charge < -0.3 is 5.73 Å². The third kappa shape index (κ3) is 4.30. The molecule has 2 N–H and O–H groups in total. The van der Waals surface area contributed by atoms with Gasteiger partial charge in [-0.2, -0.15) is 10.4 Å². The Labute approximate surface area is 163 Å². The summed E-state index contributed by atoms with van der Waals surface area (Å²) >= 11 is 0. The van der Waals surface area contributed by atoms with Crippen LogP contribution in [0.15, 0.2) is 43.0 Å². The van der Waals surface area contributed by atoms with Gasteiger partial charge in [-0.1, -0.05) is 13.8 Å². The lowest BCUT2D eigenvalue weighted by molar-refractivity contribution is 0.103. The summed E-state index contributed by atoms with van der Waals surface area (Å²) < 4.78 is 1.75. The molecule has 7 nitrogen and oxygen atoms in total. The maximum Gasteiger partial charge on any atom is 0.196 e. The van der Waals surface area contributed by atoms with Crippen LogP contribution in [0, 0.1) is 17.2 Å². The highest BCUT2D eigenvalue weighted by atomic mass is 16.1. The molecule has 0 bridgehead atoms. The number of ketones is 1. The second-order valence-electron chi connectivity index (χ2n) is 7.00. The Bertz CT molecular complexity index is 1010. The monoisotopic (exact) mass is 374 g/mol. The number of benzene rings is 1. The van der Waals surface area contributed by atoms with Gasteiger partial charge in [0.25, 0.3) is 0 Å². The normalized spacial score (nSPS) is 10.8. The molecule has 0 spiro atoms. The van der Waals surface area contributed by atoms with Crippen LogP contribution in [-0.2, 0) is 13.0 Å². The third-order valence-electron chi connectivity index (χ3n) is 4.22. The molecule has 0 unspecified atom stereocenters. The predicted octanol–water partition coefficient (Wildman–Crippen LogP) is 2.60. The summed E-state index contributed by atoms with van der Waals surface area (Å²) in [6.07, 6.45) is 7.40. The molecular weight excluding hydrogens is 352 g/mol. The minimum absolute atomic E-state index is 0.211. The highest BCUT2D eigenvalue weighted by Gasteiger charge is 2.19. The van der Waals surface area contributed by atoms with Crippen LogP contribution >= 0.6 is 0 Å². The zero-order valence-corrected chi connectivity index (χ0v) is 16.0. The SMILES string of the molecule is CC(C)Cn1cc(C(=O)c2cc(C#N)ccc2-c2ncc(CCN)cn2)cn1. The zero-order chi connectivity index (χ0) is 20.1. The van der Waals surface area contributed by atoms with Crippen LogP contribution in [0.25, 0.3) is 11.4 Å². The Kier molecular flexibility index (Phi) is 5.92. The Hall–Kier alpha value is -3.37. The summed E-state index contributed by atoms with van der Waals surface area (Å²) in [7, 11) is 0. The molecule has 1 aromatic carbocycles. The minimum atomic E-state index is -0.211. The second kappa shape index (κ2) is 8.55. The molecule has 3 rings (SSSR count). The van der Waals surface area contributed by atoms with E-state index in [2.05, 4.69) is 35.0 Å². The summed E-state index contributed by atoms with van der Waals surface area (Å²) in [6, 6.07) is 7.03. The van der Waals surface area contributed by atoms with Gasteiger partial charge >= 0.3 is 0 Å². The van der Waals surface area contributed by atoms with E-state index in [0.717, 1.165) is 12.1 Å². The fourth-order valence-corrected chi connectivity index (χ4v) is 2.90. The van der Waals surface area contributed by atoms with Crippen LogP contribution in [0.1, 0.15) is 40.9 Å². The number of nitrogens with zero attached hydrogens (tertiary/aromatic N) is 5.